The van der Waals surface area contributed by atoms with Crippen LogP contribution in [0.5, 0.6) is 0 Å². The fraction of sp³-hybridized carbons (Fsp3) is 0.467. The number of hydrogen-bond donors (Lipinski definition) is 2. The summed E-state index contributed by atoms with van der Waals surface area (Å²) in [5, 5.41) is 12.1. The molecule has 0 spiro atoms. The van der Waals surface area contributed by atoms with Gasteiger partial charge in [0.1, 0.15) is 5.54 Å². The third kappa shape index (κ3) is 2.76. The van der Waals surface area contributed by atoms with Gasteiger partial charge in [-0.25, -0.2) is 4.79 Å². The summed E-state index contributed by atoms with van der Waals surface area (Å²) in [7, 11) is 3.79. The fourth-order valence-electron chi connectivity index (χ4n) is 2.59. The Labute approximate surface area is 118 Å². The maximum absolute atomic E-state index is 12.3. The van der Waals surface area contributed by atoms with Crippen molar-refractivity contribution >= 4 is 17.6 Å². The normalized spacial score (nSPS) is 16.7. The average molecular weight is 276 g/mol. The first-order chi connectivity index (χ1) is 9.44. The summed E-state index contributed by atoms with van der Waals surface area (Å²) in [6.45, 7) is 0. The van der Waals surface area contributed by atoms with Gasteiger partial charge in [0.2, 0.25) is 0 Å². The Hall–Kier alpha value is -2.04. The van der Waals surface area contributed by atoms with Crippen molar-refractivity contribution in [3.05, 3.63) is 29.8 Å². The lowest BCUT2D eigenvalue weighted by atomic mass is 9.97. The van der Waals surface area contributed by atoms with E-state index < -0.39 is 11.5 Å². The first-order valence-corrected chi connectivity index (χ1v) is 6.78. The van der Waals surface area contributed by atoms with Gasteiger partial charge in [0, 0.05) is 25.3 Å². The van der Waals surface area contributed by atoms with Crippen LogP contribution in [0.25, 0.3) is 0 Å². The number of anilines is 1. The second-order valence-corrected chi connectivity index (χ2v) is 5.49. The number of amides is 1. The van der Waals surface area contributed by atoms with Crippen molar-refractivity contribution in [1.82, 2.24) is 5.32 Å². The zero-order valence-electron chi connectivity index (χ0n) is 11.8. The highest BCUT2D eigenvalue weighted by molar-refractivity contribution is 5.98. The number of rotatable bonds is 4. The van der Waals surface area contributed by atoms with E-state index in [1.165, 1.54) is 0 Å². The van der Waals surface area contributed by atoms with Crippen molar-refractivity contribution in [2.75, 3.05) is 19.0 Å². The predicted octanol–water partition coefficient (Wildman–Crippen LogP) is 1.88. The highest BCUT2D eigenvalue weighted by Crippen LogP contribution is 2.30. The van der Waals surface area contributed by atoms with Gasteiger partial charge in [-0.2, -0.15) is 0 Å². The summed E-state index contributed by atoms with van der Waals surface area (Å²) >= 11 is 0. The lowest BCUT2D eigenvalue weighted by Crippen LogP contribution is -2.52. The van der Waals surface area contributed by atoms with Gasteiger partial charge in [0.05, 0.1) is 0 Å². The molecule has 1 aromatic carbocycles. The molecule has 0 aromatic heterocycles. The van der Waals surface area contributed by atoms with Crippen LogP contribution in [0.4, 0.5) is 5.69 Å². The summed E-state index contributed by atoms with van der Waals surface area (Å²) in [6, 6.07) is 7.16. The highest BCUT2D eigenvalue weighted by atomic mass is 16.4. The zero-order chi connectivity index (χ0) is 14.8. The number of hydrogen-bond acceptors (Lipinski definition) is 3. The first kappa shape index (κ1) is 14.4. The molecule has 1 amide bonds. The predicted molar refractivity (Wildman–Crippen MR) is 77.1 cm³/mol. The lowest BCUT2D eigenvalue weighted by Gasteiger charge is -2.25. The molecule has 0 radical (unpaired) electrons. The van der Waals surface area contributed by atoms with Crippen molar-refractivity contribution in [2.24, 2.45) is 0 Å². The summed E-state index contributed by atoms with van der Waals surface area (Å²) in [5.41, 5.74) is 0.308. The van der Waals surface area contributed by atoms with E-state index in [1.807, 2.05) is 25.1 Å². The molecule has 1 aromatic rings. The smallest absolute Gasteiger partial charge is 0.329 e. The van der Waals surface area contributed by atoms with Crippen molar-refractivity contribution in [1.29, 1.82) is 0 Å². The molecule has 2 rings (SSSR count). The van der Waals surface area contributed by atoms with E-state index in [9.17, 15) is 14.7 Å². The molecule has 0 aliphatic heterocycles. The Morgan fingerprint density at radius 3 is 2.45 bits per heavy atom. The van der Waals surface area contributed by atoms with Crippen LogP contribution in [0.1, 0.15) is 36.0 Å². The van der Waals surface area contributed by atoms with Gasteiger partial charge in [0.25, 0.3) is 5.91 Å². The van der Waals surface area contributed by atoms with Crippen molar-refractivity contribution in [3.8, 4) is 0 Å². The van der Waals surface area contributed by atoms with E-state index in [0.29, 0.717) is 18.4 Å². The topological polar surface area (TPSA) is 69.6 Å². The SMILES string of the molecule is CN(C)c1cccc(C(=O)NC2(C(=O)O)CCCC2)c1. The Morgan fingerprint density at radius 2 is 1.90 bits per heavy atom. The zero-order valence-corrected chi connectivity index (χ0v) is 11.8. The number of carbonyl (C=O) groups excluding carboxylic acids is 1. The average Bonchev–Trinajstić information content (AvgIpc) is 2.88. The number of nitrogens with zero attached hydrogens (tertiary/aromatic N) is 1. The van der Waals surface area contributed by atoms with E-state index >= 15 is 0 Å². The fourth-order valence-corrected chi connectivity index (χ4v) is 2.59. The number of nitrogens with one attached hydrogen (secondary N) is 1. The van der Waals surface area contributed by atoms with E-state index in [-0.39, 0.29) is 5.91 Å². The monoisotopic (exact) mass is 276 g/mol. The van der Waals surface area contributed by atoms with E-state index in [4.69, 9.17) is 0 Å². The molecule has 2 N–H and O–H groups in total. The van der Waals surface area contributed by atoms with Gasteiger partial charge in [0.15, 0.2) is 0 Å². The van der Waals surface area contributed by atoms with Gasteiger partial charge >= 0.3 is 5.97 Å². The van der Waals surface area contributed by atoms with Crippen LogP contribution in [0.2, 0.25) is 0 Å². The third-order valence-corrected chi connectivity index (χ3v) is 3.84. The van der Waals surface area contributed by atoms with Gasteiger partial charge in [-0.3, -0.25) is 4.79 Å². The molecule has 5 heteroatoms. The minimum atomic E-state index is -1.09. The molecule has 0 bridgehead atoms. The first-order valence-electron chi connectivity index (χ1n) is 6.78. The van der Waals surface area contributed by atoms with Gasteiger partial charge in [-0.05, 0) is 31.0 Å². The van der Waals surface area contributed by atoms with Crippen molar-refractivity contribution in [2.45, 2.75) is 31.2 Å². The van der Waals surface area contributed by atoms with Crippen molar-refractivity contribution in [3.63, 3.8) is 0 Å². The molecule has 1 fully saturated rings. The van der Waals surface area contributed by atoms with Crippen LogP contribution < -0.4 is 10.2 Å². The molecule has 0 atom stereocenters. The minimum absolute atomic E-state index is 0.321. The molecule has 1 aliphatic rings. The molecule has 0 heterocycles. The molecule has 0 unspecified atom stereocenters. The van der Waals surface area contributed by atoms with Gasteiger partial charge < -0.3 is 15.3 Å². The molecular formula is C15H20N2O3. The number of carbonyl (C=O) groups is 2. The van der Waals surface area contributed by atoms with Gasteiger partial charge in [-0.15, -0.1) is 0 Å². The number of benzene rings is 1. The number of carboxylic acid groups (broad SMARTS) is 1. The second kappa shape index (κ2) is 5.53. The number of aliphatic carboxylic acids is 1. The summed E-state index contributed by atoms with van der Waals surface area (Å²) in [6.07, 6.45) is 2.68. The molecular weight excluding hydrogens is 256 g/mol. The van der Waals surface area contributed by atoms with Crippen LogP contribution in [0, 0.1) is 0 Å². The summed E-state index contributed by atoms with van der Waals surface area (Å²) < 4.78 is 0. The van der Waals surface area contributed by atoms with E-state index in [0.717, 1.165) is 18.5 Å². The highest BCUT2D eigenvalue weighted by Gasteiger charge is 2.42. The third-order valence-electron chi connectivity index (χ3n) is 3.84. The molecule has 0 saturated heterocycles. The molecule has 108 valence electrons. The second-order valence-electron chi connectivity index (χ2n) is 5.49. The largest absolute Gasteiger partial charge is 0.480 e. The Morgan fingerprint density at radius 1 is 1.25 bits per heavy atom. The maximum Gasteiger partial charge on any atom is 0.329 e. The lowest BCUT2D eigenvalue weighted by molar-refractivity contribution is -0.144. The quantitative estimate of drug-likeness (QED) is 0.881. The van der Waals surface area contributed by atoms with Crippen LogP contribution in [-0.2, 0) is 4.79 Å². The van der Waals surface area contributed by atoms with E-state index in [1.54, 1.807) is 18.2 Å². The Kier molecular flexibility index (Phi) is 3.97. The molecule has 1 aliphatic carbocycles. The van der Waals surface area contributed by atoms with Crippen LogP contribution in [0.15, 0.2) is 24.3 Å². The van der Waals surface area contributed by atoms with Gasteiger partial charge in [-0.1, -0.05) is 18.9 Å². The minimum Gasteiger partial charge on any atom is -0.480 e. The van der Waals surface area contributed by atoms with Crippen LogP contribution in [0.3, 0.4) is 0 Å². The maximum atomic E-state index is 12.3. The van der Waals surface area contributed by atoms with Crippen LogP contribution >= 0.6 is 0 Å². The van der Waals surface area contributed by atoms with E-state index in [2.05, 4.69) is 5.32 Å². The molecule has 1 saturated carbocycles. The van der Waals surface area contributed by atoms with Crippen LogP contribution in [-0.4, -0.2) is 36.6 Å². The molecule has 5 nitrogen and oxygen atoms in total. The Balaban J connectivity index is 2.19. The summed E-state index contributed by atoms with van der Waals surface area (Å²) in [4.78, 5) is 25.6. The standard InChI is InChI=1S/C15H20N2O3/c1-17(2)12-7-5-6-11(10-12)13(18)16-15(14(19)20)8-3-4-9-15/h5-7,10H,3-4,8-9H2,1-2H3,(H,16,18)(H,19,20). The summed E-state index contributed by atoms with van der Waals surface area (Å²) in [5.74, 6) is -1.26. The van der Waals surface area contributed by atoms with Crippen molar-refractivity contribution < 1.29 is 14.7 Å². The molecule has 20 heavy (non-hydrogen) atoms. The Bertz CT molecular complexity index is 520. The number of carboxylic acids is 1.